The van der Waals surface area contributed by atoms with Gasteiger partial charge in [0.15, 0.2) is 0 Å². The largest absolute Gasteiger partial charge is 0.352 e. The fourth-order valence-corrected chi connectivity index (χ4v) is 5.81. The van der Waals surface area contributed by atoms with Gasteiger partial charge in [-0.2, -0.15) is 0 Å². The summed E-state index contributed by atoms with van der Waals surface area (Å²) >= 11 is 13.7. The number of rotatable bonds is 10. The minimum Gasteiger partial charge on any atom is -0.352 e. The molecule has 0 bridgehead atoms. The van der Waals surface area contributed by atoms with Gasteiger partial charge in [-0.3, -0.25) is 9.59 Å². The molecule has 0 heterocycles. The molecule has 4 rings (SSSR count). The summed E-state index contributed by atoms with van der Waals surface area (Å²) in [4.78, 5) is 30.2. The number of amides is 2. The number of carbonyl (C=O) groups excluding carboxylic acids is 2. The van der Waals surface area contributed by atoms with Crippen molar-refractivity contribution in [2.75, 3.05) is 5.75 Å². The molecule has 3 aromatic carbocycles. The summed E-state index contributed by atoms with van der Waals surface area (Å²) in [5.41, 5.74) is 1.90. The number of halogens is 2. The van der Waals surface area contributed by atoms with Gasteiger partial charge in [-0.15, -0.1) is 11.8 Å². The molecule has 0 radical (unpaired) electrons. The van der Waals surface area contributed by atoms with Gasteiger partial charge in [-0.05, 0) is 60.4 Å². The van der Waals surface area contributed by atoms with E-state index < -0.39 is 6.04 Å². The van der Waals surface area contributed by atoms with Crippen LogP contribution in [-0.2, 0) is 22.6 Å². The quantitative estimate of drug-likeness (QED) is 0.270. The van der Waals surface area contributed by atoms with Gasteiger partial charge in [0.1, 0.15) is 6.04 Å². The number of thioether (sulfide) groups is 1. The predicted molar refractivity (Wildman–Crippen MR) is 153 cm³/mol. The fourth-order valence-electron chi connectivity index (χ4n) is 4.69. The molecule has 0 saturated heterocycles. The molecule has 1 unspecified atom stereocenters. The lowest BCUT2D eigenvalue weighted by Crippen LogP contribution is -2.53. The van der Waals surface area contributed by atoms with E-state index in [4.69, 9.17) is 23.2 Å². The van der Waals surface area contributed by atoms with Crippen molar-refractivity contribution in [2.24, 2.45) is 0 Å². The van der Waals surface area contributed by atoms with Crippen LogP contribution in [0.15, 0.2) is 83.8 Å². The van der Waals surface area contributed by atoms with Crippen LogP contribution < -0.4 is 5.32 Å². The van der Waals surface area contributed by atoms with E-state index in [9.17, 15) is 9.59 Å². The van der Waals surface area contributed by atoms with Crippen molar-refractivity contribution in [3.8, 4) is 0 Å². The van der Waals surface area contributed by atoms with Crippen molar-refractivity contribution < 1.29 is 9.59 Å². The number of carbonyl (C=O) groups is 2. The molecule has 0 aromatic heterocycles. The summed E-state index contributed by atoms with van der Waals surface area (Å²) < 4.78 is 0. The molecular weight excluding hydrogens is 523 g/mol. The molecule has 1 aliphatic rings. The third-order valence-corrected chi connectivity index (χ3v) is 8.12. The highest BCUT2D eigenvalue weighted by molar-refractivity contribution is 8.00. The maximum absolute atomic E-state index is 13.8. The van der Waals surface area contributed by atoms with E-state index in [1.807, 2.05) is 78.9 Å². The zero-order valence-electron chi connectivity index (χ0n) is 20.7. The molecular formula is C30H32Cl2N2O2S. The first-order valence-electron chi connectivity index (χ1n) is 12.7. The number of nitrogens with one attached hydrogen (secondary N) is 1. The second kappa shape index (κ2) is 13.9. The summed E-state index contributed by atoms with van der Waals surface area (Å²) in [6.07, 6.45) is 5.86. The summed E-state index contributed by atoms with van der Waals surface area (Å²) in [5, 5.41) is 4.53. The van der Waals surface area contributed by atoms with Crippen LogP contribution in [0.4, 0.5) is 0 Å². The van der Waals surface area contributed by atoms with E-state index in [1.54, 1.807) is 4.90 Å². The van der Waals surface area contributed by atoms with Crippen LogP contribution in [0.1, 0.15) is 43.2 Å². The number of benzene rings is 3. The van der Waals surface area contributed by atoms with Crippen LogP contribution in [0.3, 0.4) is 0 Å². The van der Waals surface area contributed by atoms with Crippen molar-refractivity contribution in [3.63, 3.8) is 0 Å². The third kappa shape index (κ3) is 8.53. The molecule has 7 heteroatoms. The molecule has 2 amide bonds. The number of nitrogens with zero attached hydrogens (tertiary/aromatic N) is 1. The molecule has 1 fully saturated rings. The standard InChI is InChI=1S/C30H32Cl2N2O2S/c31-24-14-16-27(17-15-24)37-21-29(35)34(20-23-10-7-11-25(32)18-23)28(19-22-8-3-1-4-9-22)30(36)33-26-12-5-2-6-13-26/h1,3-4,7-11,14-18,26,28H,2,5-6,12-13,19-21H2,(H,33,36). The molecule has 194 valence electrons. The summed E-state index contributed by atoms with van der Waals surface area (Å²) in [7, 11) is 0. The Hall–Kier alpha value is -2.47. The highest BCUT2D eigenvalue weighted by Crippen LogP contribution is 2.24. The smallest absolute Gasteiger partial charge is 0.243 e. The Morgan fingerprint density at radius 2 is 1.57 bits per heavy atom. The monoisotopic (exact) mass is 554 g/mol. The first kappa shape index (κ1) is 27.6. The van der Waals surface area contributed by atoms with Gasteiger partial charge < -0.3 is 10.2 Å². The average Bonchev–Trinajstić information content (AvgIpc) is 2.91. The van der Waals surface area contributed by atoms with Gasteiger partial charge in [0, 0.05) is 33.9 Å². The van der Waals surface area contributed by atoms with Crippen molar-refractivity contribution >= 4 is 46.8 Å². The second-order valence-corrected chi connectivity index (χ2v) is 11.4. The van der Waals surface area contributed by atoms with Crippen molar-refractivity contribution in [1.82, 2.24) is 10.2 Å². The van der Waals surface area contributed by atoms with Crippen LogP contribution in [0.2, 0.25) is 10.0 Å². The molecule has 1 N–H and O–H groups in total. The van der Waals surface area contributed by atoms with Gasteiger partial charge in [0.25, 0.3) is 0 Å². The molecule has 1 aliphatic carbocycles. The summed E-state index contributed by atoms with van der Waals surface area (Å²) in [5.74, 6) is 0.0202. The number of hydrogen-bond acceptors (Lipinski definition) is 3. The van der Waals surface area contributed by atoms with Gasteiger partial charge in [-0.1, -0.05) is 84.9 Å². The van der Waals surface area contributed by atoms with E-state index >= 15 is 0 Å². The van der Waals surface area contributed by atoms with Crippen molar-refractivity contribution in [3.05, 3.63) is 100 Å². The fraction of sp³-hybridized carbons (Fsp3) is 0.333. The summed E-state index contributed by atoms with van der Waals surface area (Å²) in [6.45, 7) is 0.302. The van der Waals surface area contributed by atoms with E-state index in [1.165, 1.54) is 18.2 Å². The van der Waals surface area contributed by atoms with E-state index in [-0.39, 0.29) is 23.6 Å². The second-order valence-electron chi connectivity index (χ2n) is 9.44. The molecule has 1 atom stereocenters. The Morgan fingerprint density at radius 3 is 2.27 bits per heavy atom. The van der Waals surface area contributed by atoms with Gasteiger partial charge in [0.2, 0.25) is 11.8 Å². The lowest BCUT2D eigenvalue weighted by molar-refractivity contribution is -0.139. The lowest BCUT2D eigenvalue weighted by Gasteiger charge is -2.33. The maximum Gasteiger partial charge on any atom is 0.243 e. The van der Waals surface area contributed by atoms with E-state index in [2.05, 4.69) is 5.32 Å². The Morgan fingerprint density at radius 1 is 0.865 bits per heavy atom. The Bertz CT molecular complexity index is 1170. The SMILES string of the molecule is O=C(NC1CCCCC1)C(Cc1ccccc1)N(Cc1cccc(Cl)c1)C(=O)CSc1ccc(Cl)cc1. The Kier molecular flexibility index (Phi) is 10.4. The van der Waals surface area contributed by atoms with Gasteiger partial charge in [0.05, 0.1) is 5.75 Å². The van der Waals surface area contributed by atoms with Crippen LogP contribution in [0.25, 0.3) is 0 Å². The Balaban J connectivity index is 1.60. The van der Waals surface area contributed by atoms with Gasteiger partial charge >= 0.3 is 0 Å². The van der Waals surface area contributed by atoms with Crippen LogP contribution in [0, 0.1) is 0 Å². The highest BCUT2D eigenvalue weighted by Gasteiger charge is 2.32. The Labute approximate surface area is 233 Å². The minimum absolute atomic E-state index is 0.0948. The van der Waals surface area contributed by atoms with Crippen LogP contribution >= 0.6 is 35.0 Å². The molecule has 1 saturated carbocycles. The lowest BCUT2D eigenvalue weighted by atomic mass is 9.94. The topological polar surface area (TPSA) is 49.4 Å². The highest BCUT2D eigenvalue weighted by atomic mass is 35.5. The normalized spacial score (nSPS) is 14.6. The van der Waals surface area contributed by atoms with Crippen LogP contribution in [-0.4, -0.2) is 34.6 Å². The zero-order valence-corrected chi connectivity index (χ0v) is 23.1. The number of hydrogen-bond donors (Lipinski definition) is 1. The molecule has 0 aliphatic heterocycles. The molecule has 37 heavy (non-hydrogen) atoms. The van der Waals surface area contributed by atoms with Crippen molar-refractivity contribution in [1.29, 1.82) is 0 Å². The maximum atomic E-state index is 13.8. The average molecular weight is 556 g/mol. The molecule has 3 aromatic rings. The molecule has 4 nitrogen and oxygen atoms in total. The predicted octanol–water partition coefficient (Wildman–Crippen LogP) is 7.17. The minimum atomic E-state index is -0.637. The van der Waals surface area contributed by atoms with E-state index in [0.29, 0.717) is 23.0 Å². The zero-order chi connectivity index (χ0) is 26.0. The first-order chi connectivity index (χ1) is 18.0. The van der Waals surface area contributed by atoms with E-state index in [0.717, 1.165) is 41.7 Å². The summed E-state index contributed by atoms with van der Waals surface area (Å²) in [6, 6.07) is 24.3. The third-order valence-electron chi connectivity index (χ3n) is 6.64. The van der Waals surface area contributed by atoms with Crippen molar-refractivity contribution in [2.45, 2.75) is 62.0 Å². The van der Waals surface area contributed by atoms with Gasteiger partial charge in [-0.25, -0.2) is 0 Å². The molecule has 0 spiro atoms. The van der Waals surface area contributed by atoms with Crippen LogP contribution in [0.5, 0.6) is 0 Å². The first-order valence-corrected chi connectivity index (χ1v) is 14.5.